The average Bonchev–Trinajstić information content (AvgIpc) is 2.36. The molecule has 1 aromatic carbocycles. The van der Waals surface area contributed by atoms with Gasteiger partial charge < -0.3 is 5.11 Å². The third-order valence-electron chi connectivity index (χ3n) is 2.40. The van der Waals surface area contributed by atoms with Crippen LogP contribution in [0.15, 0.2) is 39.6 Å². The average molecular weight is 327 g/mol. The Kier molecular flexibility index (Phi) is 3.75. The second-order valence-electron chi connectivity index (χ2n) is 3.77. The van der Waals surface area contributed by atoms with Gasteiger partial charge in [0.25, 0.3) is 5.56 Å². The Morgan fingerprint density at radius 2 is 2.11 bits per heavy atom. The molecule has 0 aliphatic heterocycles. The lowest BCUT2D eigenvalue weighted by Crippen LogP contribution is -2.24. The van der Waals surface area contributed by atoms with E-state index in [-0.39, 0.29) is 16.7 Å². The van der Waals surface area contributed by atoms with Crippen molar-refractivity contribution in [3.63, 3.8) is 0 Å². The molecule has 19 heavy (non-hydrogen) atoms. The fourth-order valence-electron chi connectivity index (χ4n) is 1.49. The van der Waals surface area contributed by atoms with Crippen LogP contribution in [0, 0.1) is 5.82 Å². The molecule has 0 amide bonds. The van der Waals surface area contributed by atoms with Gasteiger partial charge in [-0.2, -0.15) is 5.10 Å². The number of halogens is 2. The molecule has 5 nitrogen and oxygen atoms in total. The summed E-state index contributed by atoms with van der Waals surface area (Å²) in [4.78, 5) is 22.4. The molecule has 1 aromatic heterocycles. The molecule has 0 radical (unpaired) electrons. The minimum Gasteiger partial charge on any atom is -0.476 e. The number of carbonyl (C=O) groups is 1. The van der Waals surface area contributed by atoms with Crippen molar-refractivity contribution in [1.29, 1.82) is 0 Å². The maximum Gasteiger partial charge on any atom is 0.356 e. The highest BCUT2D eigenvalue weighted by molar-refractivity contribution is 9.10. The fraction of sp³-hybridized carbons (Fsp3) is 0.0833. The molecule has 0 unspecified atom stereocenters. The lowest BCUT2D eigenvalue weighted by atomic mass is 10.2. The van der Waals surface area contributed by atoms with E-state index in [2.05, 4.69) is 21.0 Å². The highest BCUT2D eigenvalue weighted by Gasteiger charge is 2.08. The first kappa shape index (κ1) is 13.4. The number of rotatable bonds is 3. The summed E-state index contributed by atoms with van der Waals surface area (Å²) < 4.78 is 14.4. The van der Waals surface area contributed by atoms with Crippen LogP contribution in [0.25, 0.3) is 0 Å². The first-order valence-electron chi connectivity index (χ1n) is 5.23. The second-order valence-corrected chi connectivity index (χ2v) is 4.62. The third kappa shape index (κ3) is 3.05. The molecular weight excluding hydrogens is 319 g/mol. The molecular formula is C12H8BrFN2O3. The Morgan fingerprint density at radius 1 is 1.37 bits per heavy atom. The standard InChI is InChI=1S/C12H8BrFN2O3/c13-8-5-7(1-2-9(8)14)6-16-11(17)4-3-10(15-16)12(18)19/h1-5H,6H2,(H,18,19). The molecule has 1 heterocycles. The van der Waals surface area contributed by atoms with Crippen LogP contribution in [0.5, 0.6) is 0 Å². The van der Waals surface area contributed by atoms with Crippen molar-refractivity contribution in [3.05, 3.63) is 62.2 Å². The van der Waals surface area contributed by atoms with E-state index >= 15 is 0 Å². The maximum atomic E-state index is 13.1. The van der Waals surface area contributed by atoms with Crippen molar-refractivity contribution in [3.8, 4) is 0 Å². The zero-order chi connectivity index (χ0) is 14.0. The predicted octanol–water partition coefficient (Wildman–Crippen LogP) is 1.89. The van der Waals surface area contributed by atoms with Crippen LogP contribution >= 0.6 is 15.9 Å². The van der Waals surface area contributed by atoms with Crippen molar-refractivity contribution >= 4 is 21.9 Å². The predicted molar refractivity (Wildman–Crippen MR) is 68.7 cm³/mol. The summed E-state index contributed by atoms with van der Waals surface area (Å²) in [5.74, 6) is -1.63. The zero-order valence-electron chi connectivity index (χ0n) is 9.51. The lowest BCUT2D eigenvalue weighted by molar-refractivity contribution is 0.0687. The van der Waals surface area contributed by atoms with Gasteiger partial charge in [0.1, 0.15) is 5.82 Å². The second kappa shape index (κ2) is 5.31. The third-order valence-corrected chi connectivity index (χ3v) is 3.01. The number of hydrogen-bond acceptors (Lipinski definition) is 3. The molecule has 0 aliphatic rings. The van der Waals surface area contributed by atoms with E-state index in [1.54, 1.807) is 0 Å². The van der Waals surface area contributed by atoms with E-state index in [4.69, 9.17) is 5.11 Å². The quantitative estimate of drug-likeness (QED) is 0.934. The molecule has 0 spiro atoms. The number of hydrogen-bond donors (Lipinski definition) is 1. The molecule has 2 aromatic rings. The van der Waals surface area contributed by atoms with Gasteiger partial charge in [-0.05, 0) is 39.7 Å². The Morgan fingerprint density at radius 3 is 2.74 bits per heavy atom. The highest BCUT2D eigenvalue weighted by atomic mass is 79.9. The van der Waals surface area contributed by atoms with Gasteiger partial charge in [0.15, 0.2) is 5.69 Å². The van der Waals surface area contributed by atoms with E-state index in [1.165, 1.54) is 18.2 Å². The normalized spacial score (nSPS) is 10.4. The summed E-state index contributed by atoms with van der Waals surface area (Å²) in [7, 11) is 0. The molecule has 98 valence electrons. The summed E-state index contributed by atoms with van der Waals surface area (Å²) in [6, 6.07) is 6.54. The number of carboxylic acids is 1. The molecule has 0 aliphatic carbocycles. The van der Waals surface area contributed by atoms with Gasteiger partial charge in [-0.3, -0.25) is 4.79 Å². The molecule has 0 atom stereocenters. The minimum atomic E-state index is -1.21. The van der Waals surface area contributed by atoms with Crippen LogP contribution in [0.4, 0.5) is 4.39 Å². The summed E-state index contributed by atoms with van der Waals surface area (Å²) in [5.41, 5.74) is -0.0170. The lowest BCUT2D eigenvalue weighted by Gasteiger charge is -2.06. The van der Waals surface area contributed by atoms with Gasteiger partial charge in [-0.15, -0.1) is 0 Å². The van der Waals surface area contributed by atoms with Crippen LogP contribution in [-0.4, -0.2) is 20.9 Å². The first-order valence-corrected chi connectivity index (χ1v) is 6.02. The van der Waals surface area contributed by atoms with Gasteiger partial charge in [0, 0.05) is 6.07 Å². The van der Waals surface area contributed by atoms with Crippen LogP contribution < -0.4 is 5.56 Å². The minimum absolute atomic E-state index is 0.0683. The van der Waals surface area contributed by atoms with E-state index in [0.717, 1.165) is 16.8 Å². The summed E-state index contributed by atoms with van der Waals surface area (Å²) in [5, 5.41) is 12.5. The van der Waals surface area contributed by atoms with Crippen molar-refractivity contribution in [1.82, 2.24) is 9.78 Å². The van der Waals surface area contributed by atoms with Crippen molar-refractivity contribution < 1.29 is 14.3 Å². The van der Waals surface area contributed by atoms with Gasteiger partial charge >= 0.3 is 5.97 Å². The topological polar surface area (TPSA) is 72.2 Å². The Labute approximate surface area is 115 Å². The molecule has 1 N–H and O–H groups in total. The number of nitrogens with zero attached hydrogens (tertiary/aromatic N) is 2. The zero-order valence-corrected chi connectivity index (χ0v) is 11.1. The van der Waals surface area contributed by atoms with E-state index in [1.807, 2.05) is 0 Å². The summed E-state index contributed by atoms with van der Waals surface area (Å²) >= 11 is 3.04. The highest BCUT2D eigenvalue weighted by Crippen LogP contribution is 2.17. The van der Waals surface area contributed by atoms with Crippen LogP contribution in [0.1, 0.15) is 16.1 Å². The monoisotopic (exact) mass is 326 g/mol. The Hall–Kier alpha value is -2.02. The first-order chi connectivity index (χ1) is 8.97. The van der Waals surface area contributed by atoms with Crippen LogP contribution in [0.2, 0.25) is 0 Å². The van der Waals surface area contributed by atoms with Gasteiger partial charge in [-0.1, -0.05) is 6.07 Å². The van der Waals surface area contributed by atoms with Crippen molar-refractivity contribution in [2.75, 3.05) is 0 Å². The van der Waals surface area contributed by atoms with Gasteiger partial charge in [0.2, 0.25) is 0 Å². The number of carboxylic acid groups (broad SMARTS) is 1. The summed E-state index contributed by atoms with van der Waals surface area (Å²) in [6.45, 7) is 0.0683. The Bertz CT molecular complexity index is 700. The maximum absolute atomic E-state index is 13.1. The molecule has 0 saturated heterocycles. The largest absolute Gasteiger partial charge is 0.476 e. The molecule has 0 saturated carbocycles. The number of benzene rings is 1. The fourth-order valence-corrected chi connectivity index (χ4v) is 1.91. The molecule has 0 fully saturated rings. The SMILES string of the molecule is O=C(O)c1ccc(=O)n(Cc2ccc(F)c(Br)c2)n1. The number of aromatic nitrogens is 2. The molecule has 7 heteroatoms. The van der Waals surface area contributed by atoms with E-state index in [0.29, 0.717) is 5.56 Å². The van der Waals surface area contributed by atoms with E-state index in [9.17, 15) is 14.0 Å². The van der Waals surface area contributed by atoms with Gasteiger partial charge in [0.05, 0.1) is 11.0 Å². The van der Waals surface area contributed by atoms with Crippen LogP contribution in [0.3, 0.4) is 0 Å². The van der Waals surface area contributed by atoms with E-state index < -0.39 is 17.3 Å². The van der Waals surface area contributed by atoms with Crippen molar-refractivity contribution in [2.45, 2.75) is 6.54 Å². The van der Waals surface area contributed by atoms with Gasteiger partial charge in [-0.25, -0.2) is 13.9 Å². The summed E-state index contributed by atoms with van der Waals surface area (Å²) in [6.07, 6.45) is 0. The molecule has 2 rings (SSSR count). The van der Waals surface area contributed by atoms with Crippen LogP contribution in [-0.2, 0) is 6.54 Å². The Balaban J connectivity index is 2.37. The smallest absolute Gasteiger partial charge is 0.356 e. The molecule has 0 bridgehead atoms. The number of aromatic carboxylic acids is 1. The van der Waals surface area contributed by atoms with Crippen molar-refractivity contribution in [2.24, 2.45) is 0 Å².